The van der Waals surface area contributed by atoms with E-state index in [1.807, 2.05) is 6.92 Å². The van der Waals surface area contributed by atoms with Crippen LogP contribution in [0, 0.1) is 11.6 Å². The SMILES string of the molecule is CCCn1ncc(Br)c1C(N)c1c(F)cccc1F. The van der Waals surface area contributed by atoms with Crippen molar-refractivity contribution in [1.82, 2.24) is 9.78 Å². The zero-order valence-corrected chi connectivity index (χ0v) is 12.0. The lowest BCUT2D eigenvalue weighted by Gasteiger charge is -2.16. The molecule has 2 rings (SSSR count). The Bertz CT molecular complexity index is 563. The third-order valence-corrected chi connectivity index (χ3v) is 3.48. The summed E-state index contributed by atoms with van der Waals surface area (Å²) in [5.41, 5.74) is 6.46. The highest BCUT2D eigenvalue weighted by atomic mass is 79.9. The lowest BCUT2D eigenvalue weighted by atomic mass is 10.0. The zero-order chi connectivity index (χ0) is 14.0. The molecule has 2 aromatic rings. The molecule has 1 unspecified atom stereocenters. The van der Waals surface area contributed by atoms with E-state index in [-0.39, 0.29) is 5.56 Å². The predicted molar refractivity (Wildman–Crippen MR) is 72.6 cm³/mol. The standard InChI is InChI=1S/C13H14BrF2N3/c1-2-6-19-13(8(14)7-18-19)12(17)11-9(15)4-3-5-10(11)16/h3-5,7,12H,2,6,17H2,1H3. The first-order valence-corrected chi connectivity index (χ1v) is 6.76. The van der Waals surface area contributed by atoms with E-state index in [0.29, 0.717) is 16.7 Å². The monoisotopic (exact) mass is 329 g/mol. The van der Waals surface area contributed by atoms with E-state index >= 15 is 0 Å². The zero-order valence-electron chi connectivity index (χ0n) is 10.4. The minimum Gasteiger partial charge on any atom is -0.319 e. The number of nitrogens with zero attached hydrogens (tertiary/aromatic N) is 2. The number of benzene rings is 1. The summed E-state index contributed by atoms with van der Waals surface area (Å²) in [5, 5.41) is 4.16. The summed E-state index contributed by atoms with van der Waals surface area (Å²) < 4.78 is 29.9. The first-order chi connectivity index (χ1) is 9.06. The minimum absolute atomic E-state index is 0.138. The molecule has 0 aliphatic carbocycles. The molecule has 6 heteroatoms. The molecule has 1 heterocycles. The van der Waals surface area contributed by atoms with Crippen LogP contribution in [0.25, 0.3) is 0 Å². The van der Waals surface area contributed by atoms with Crippen molar-refractivity contribution in [2.24, 2.45) is 5.73 Å². The van der Waals surface area contributed by atoms with Gasteiger partial charge in [-0.3, -0.25) is 4.68 Å². The van der Waals surface area contributed by atoms with E-state index in [1.54, 1.807) is 10.9 Å². The summed E-state index contributed by atoms with van der Waals surface area (Å²) in [6.07, 6.45) is 2.44. The van der Waals surface area contributed by atoms with Gasteiger partial charge in [0.2, 0.25) is 0 Å². The van der Waals surface area contributed by atoms with Crippen molar-refractivity contribution in [3.05, 3.63) is 51.8 Å². The lowest BCUT2D eigenvalue weighted by molar-refractivity contribution is 0.515. The number of hydrogen-bond acceptors (Lipinski definition) is 2. The van der Waals surface area contributed by atoms with Crippen molar-refractivity contribution < 1.29 is 8.78 Å². The Morgan fingerprint density at radius 1 is 1.37 bits per heavy atom. The first kappa shape index (κ1) is 14.1. The third-order valence-electron chi connectivity index (χ3n) is 2.87. The molecule has 0 aliphatic rings. The van der Waals surface area contributed by atoms with Crippen molar-refractivity contribution in [3.8, 4) is 0 Å². The van der Waals surface area contributed by atoms with Gasteiger partial charge in [-0.15, -0.1) is 0 Å². The molecule has 0 fully saturated rings. The van der Waals surface area contributed by atoms with Crippen LogP contribution in [-0.2, 0) is 6.54 Å². The molecular formula is C13H14BrF2N3. The predicted octanol–water partition coefficient (Wildman–Crippen LogP) is 3.38. The number of aryl methyl sites for hydroxylation is 1. The van der Waals surface area contributed by atoms with Gasteiger partial charge in [0.1, 0.15) is 11.6 Å². The molecule has 0 bridgehead atoms. The van der Waals surface area contributed by atoms with E-state index in [1.165, 1.54) is 18.2 Å². The summed E-state index contributed by atoms with van der Waals surface area (Å²) in [6, 6.07) is 2.82. The van der Waals surface area contributed by atoms with E-state index in [2.05, 4.69) is 21.0 Å². The van der Waals surface area contributed by atoms with E-state index < -0.39 is 17.7 Å². The van der Waals surface area contributed by atoms with Gasteiger partial charge in [-0.2, -0.15) is 5.10 Å². The molecule has 0 radical (unpaired) electrons. The fourth-order valence-corrected chi connectivity index (χ4v) is 2.56. The smallest absolute Gasteiger partial charge is 0.131 e. The topological polar surface area (TPSA) is 43.8 Å². The van der Waals surface area contributed by atoms with Crippen LogP contribution in [0.3, 0.4) is 0 Å². The van der Waals surface area contributed by atoms with Crippen LogP contribution in [0.5, 0.6) is 0 Å². The largest absolute Gasteiger partial charge is 0.319 e. The summed E-state index contributed by atoms with van der Waals surface area (Å²) in [7, 11) is 0. The Kier molecular flexibility index (Phi) is 4.31. The molecule has 1 aromatic carbocycles. The summed E-state index contributed by atoms with van der Waals surface area (Å²) in [6.45, 7) is 2.64. The maximum absolute atomic E-state index is 13.8. The molecule has 1 atom stereocenters. The van der Waals surface area contributed by atoms with Gasteiger partial charge in [-0.05, 0) is 34.5 Å². The number of rotatable bonds is 4. The second kappa shape index (κ2) is 5.79. The molecule has 0 spiro atoms. The Labute approximate surface area is 118 Å². The van der Waals surface area contributed by atoms with Gasteiger partial charge in [-0.25, -0.2) is 8.78 Å². The van der Waals surface area contributed by atoms with Crippen molar-refractivity contribution in [1.29, 1.82) is 0 Å². The summed E-state index contributed by atoms with van der Waals surface area (Å²) >= 11 is 3.33. The van der Waals surface area contributed by atoms with Gasteiger partial charge in [0.05, 0.1) is 22.4 Å². The molecular weight excluding hydrogens is 316 g/mol. The normalized spacial score (nSPS) is 12.7. The van der Waals surface area contributed by atoms with E-state index in [4.69, 9.17) is 5.73 Å². The third kappa shape index (κ3) is 2.69. The van der Waals surface area contributed by atoms with Gasteiger partial charge >= 0.3 is 0 Å². The second-order valence-corrected chi connectivity index (χ2v) is 5.07. The van der Waals surface area contributed by atoms with Crippen LogP contribution >= 0.6 is 15.9 Å². The second-order valence-electron chi connectivity index (χ2n) is 4.21. The molecule has 0 amide bonds. The number of aromatic nitrogens is 2. The van der Waals surface area contributed by atoms with Gasteiger partial charge in [-0.1, -0.05) is 13.0 Å². The maximum Gasteiger partial charge on any atom is 0.131 e. The lowest BCUT2D eigenvalue weighted by Crippen LogP contribution is -2.20. The van der Waals surface area contributed by atoms with Crippen molar-refractivity contribution >= 4 is 15.9 Å². The van der Waals surface area contributed by atoms with Crippen LogP contribution in [0.2, 0.25) is 0 Å². The molecule has 19 heavy (non-hydrogen) atoms. The molecule has 1 aromatic heterocycles. The van der Waals surface area contributed by atoms with Crippen LogP contribution < -0.4 is 5.73 Å². The maximum atomic E-state index is 13.8. The molecule has 3 nitrogen and oxygen atoms in total. The van der Waals surface area contributed by atoms with Crippen molar-refractivity contribution in [2.45, 2.75) is 25.9 Å². The Morgan fingerprint density at radius 2 is 2.00 bits per heavy atom. The Balaban J connectivity index is 2.50. The highest BCUT2D eigenvalue weighted by Gasteiger charge is 2.23. The van der Waals surface area contributed by atoms with Crippen LogP contribution in [0.1, 0.15) is 30.6 Å². The van der Waals surface area contributed by atoms with Gasteiger partial charge in [0.25, 0.3) is 0 Å². The molecule has 0 saturated carbocycles. The number of nitrogens with two attached hydrogens (primary N) is 1. The quantitative estimate of drug-likeness (QED) is 0.934. The summed E-state index contributed by atoms with van der Waals surface area (Å²) in [5.74, 6) is -1.30. The van der Waals surface area contributed by atoms with E-state index in [9.17, 15) is 8.78 Å². The molecule has 102 valence electrons. The fraction of sp³-hybridized carbons (Fsp3) is 0.308. The number of hydrogen-bond donors (Lipinski definition) is 1. The summed E-state index contributed by atoms with van der Waals surface area (Å²) in [4.78, 5) is 0. The molecule has 0 saturated heterocycles. The first-order valence-electron chi connectivity index (χ1n) is 5.97. The molecule has 2 N–H and O–H groups in total. The van der Waals surface area contributed by atoms with Gasteiger partial charge < -0.3 is 5.73 Å². The number of halogens is 3. The Morgan fingerprint density at radius 3 is 2.58 bits per heavy atom. The van der Waals surface area contributed by atoms with Gasteiger partial charge in [0, 0.05) is 12.1 Å². The molecule has 0 aliphatic heterocycles. The van der Waals surface area contributed by atoms with Crippen molar-refractivity contribution in [2.75, 3.05) is 0 Å². The van der Waals surface area contributed by atoms with Crippen LogP contribution in [-0.4, -0.2) is 9.78 Å². The van der Waals surface area contributed by atoms with Crippen molar-refractivity contribution in [3.63, 3.8) is 0 Å². The highest BCUT2D eigenvalue weighted by molar-refractivity contribution is 9.10. The average molecular weight is 330 g/mol. The van der Waals surface area contributed by atoms with Crippen LogP contribution in [0.4, 0.5) is 8.78 Å². The van der Waals surface area contributed by atoms with E-state index in [0.717, 1.165) is 6.42 Å². The highest BCUT2D eigenvalue weighted by Crippen LogP contribution is 2.29. The minimum atomic E-state index is -0.898. The Hall–Kier alpha value is -1.27. The van der Waals surface area contributed by atoms with Crippen LogP contribution in [0.15, 0.2) is 28.9 Å². The average Bonchev–Trinajstić information content (AvgIpc) is 2.70. The fourth-order valence-electron chi connectivity index (χ4n) is 2.02. The van der Waals surface area contributed by atoms with Gasteiger partial charge in [0.15, 0.2) is 0 Å².